The van der Waals surface area contributed by atoms with Gasteiger partial charge in [0, 0.05) is 31.1 Å². The number of amides is 2. The fourth-order valence-electron chi connectivity index (χ4n) is 3.06. The summed E-state index contributed by atoms with van der Waals surface area (Å²) in [5, 5.41) is 1.05. The number of likely N-dealkylation sites (tertiary alicyclic amines) is 1. The molecule has 2 aromatic rings. The molecule has 110 valence electrons. The number of benzene rings is 1. The summed E-state index contributed by atoms with van der Waals surface area (Å²) in [5.41, 5.74) is 6.84. The quantitative estimate of drug-likeness (QED) is 0.903. The predicted molar refractivity (Wildman–Crippen MR) is 80.7 cm³/mol. The van der Waals surface area contributed by atoms with E-state index in [1.54, 1.807) is 0 Å². The summed E-state index contributed by atoms with van der Waals surface area (Å²) >= 11 is 0. The van der Waals surface area contributed by atoms with Crippen molar-refractivity contribution in [3.63, 3.8) is 0 Å². The number of hydrogen-bond donors (Lipinski definition) is 2. The fraction of sp³-hybridized carbons (Fsp3) is 0.375. The highest BCUT2D eigenvalue weighted by Gasteiger charge is 2.25. The van der Waals surface area contributed by atoms with Crippen LogP contribution >= 0.6 is 0 Å². The van der Waals surface area contributed by atoms with E-state index in [0.29, 0.717) is 31.0 Å². The van der Waals surface area contributed by atoms with Gasteiger partial charge in [-0.15, -0.1) is 0 Å². The van der Waals surface area contributed by atoms with Crippen molar-refractivity contribution in [2.75, 3.05) is 13.1 Å². The highest BCUT2D eigenvalue weighted by Crippen LogP contribution is 2.24. The number of fused-ring (bicyclic) bond motifs is 1. The van der Waals surface area contributed by atoms with Gasteiger partial charge < -0.3 is 15.6 Å². The number of primary amides is 1. The number of H-pyrrole nitrogens is 1. The Bertz CT molecular complexity index is 669. The molecule has 3 rings (SSSR count). The molecule has 21 heavy (non-hydrogen) atoms. The molecule has 0 bridgehead atoms. The van der Waals surface area contributed by atoms with Gasteiger partial charge in [0.05, 0.1) is 11.1 Å². The molecule has 0 unspecified atom stereocenters. The van der Waals surface area contributed by atoms with Crippen LogP contribution in [0.1, 0.15) is 29.6 Å². The minimum Gasteiger partial charge on any atom is -0.370 e. The summed E-state index contributed by atoms with van der Waals surface area (Å²) in [4.78, 5) is 28.6. The number of hydrogen-bond acceptors (Lipinski definition) is 2. The molecule has 1 aromatic carbocycles. The topological polar surface area (TPSA) is 79.2 Å². The Morgan fingerprint density at radius 2 is 2.00 bits per heavy atom. The molecule has 2 amide bonds. The number of nitrogens with zero attached hydrogens (tertiary/aromatic N) is 1. The number of aromatic amines is 1. The van der Waals surface area contributed by atoms with Crippen molar-refractivity contribution in [2.45, 2.75) is 19.3 Å². The number of nitrogens with two attached hydrogens (primary N) is 1. The molecule has 2 heterocycles. The van der Waals surface area contributed by atoms with Gasteiger partial charge in [-0.2, -0.15) is 0 Å². The fourth-order valence-corrected chi connectivity index (χ4v) is 3.06. The Morgan fingerprint density at radius 3 is 2.71 bits per heavy atom. The van der Waals surface area contributed by atoms with E-state index in [1.165, 1.54) is 0 Å². The molecule has 0 aliphatic carbocycles. The van der Waals surface area contributed by atoms with Crippen molar-refractivity contribution < 1.29 is 9.59 Å². The van der Waals surface area contributed by atoms with Crippen LogP contribution in [0.2, 0.25) is 0 Å². The van der Waals surface area contributed by atoms with E-state index >= 15 is 0 Å². The minimum atomic E-state index is -0.254. The molecule has 5 heteroatoms. The molecule has 1 aromatic heterocycles. The highest BCUT2D eigenvalue weighted by molar-refractivity contribution is 6.05. The number of para-hydroxylation sites is 1. The number of piperidine rings is 1. The maximum absolute atomic E-state index is 12.7. The van der Waals surface area contributed by atoms with Gasteiger partial charge in [0.2, 0.25) is 5.91 Å². The Kier molecular flexibility index (Phi) is 3.64. The van der Waals surface area contributed by atoms with E-state index in [4.69, 9.17) is 5.73 Å². The first-order valence-electron chi connectivity index (χ1n) is 7.29. The van der Waals surface area contributed by atoms with Gasteiger partial charge in [-0.25, -0.2) is 0 Å². The molecule has 0 radical (unpaired) electrons. The average Bonchev–Trinajstić information content (AvgIpc) is 2.95. The third-order valence-electron chi connectivity index (χ3n) is 4.21. The first-order chi connectivity index (χ1) is 10.1. The van der Waals surface area contributed by atoms with Crippen LogP contribution < -0.4 is 5.73 Å². The molecular weight excluding hydrogens is 266 g/mol. The second-order valence-electron chi connectivity index (χ2n) is 5.65. The lowest BCUT2D eigenvalue weighted by Crippen LogP contribution is -2.39. The maximum atomic E-state index is 12.7. The van der Waals surface area contributed by atoms with Crippen LogP contribution in [0.4, 0.5) is 0 Å². The lowest BCUT2D eigenvalue weighted by molar-refractivity contribution is -0.119. The van der Waals surface area contributed by atoms with E-state index in [0.717, 1.165) is 23.7 Å². The zero-order chi connectivity index (χ0) is 14.8. The third-order valence-corrected chi connectivity index (χ3v) is 4.21. The van der Waals surface area contributed by atoms with E-state index in [2.05, 4.69) is 4.98 Å². The first-order valence-corrected chi connectivity index (χ1v) is 7.29. The molecule has 5 nitrogen and oxygen atoms in total. The molecular formula is C16H19N3O2. The van der Waals surface area contributed by atoms with Crippen LogP contribution in [0.25, 0.3) is 10.9 Å². The number of nitrogens with one attached hydrogen (secondary N) is 1. The molecule has 3 N–H and O–H groups in total. The average molecular weight is 285 g/mol. The molecule has 1 aliphatic heterocycles. The highest BCUT2D eigenvalue weighted by atomic mass is 16.2. The smallest absolute Gasteiger partial charge is 0.255 e. The zero-order valence-electron chi connectivity index (χ0n) is 11.8. The standard InChI is InChI=1S/C16H19N3O2/c17-14(20)10-11-5-8-19(9-6-11)16(21)13-3-1-2-12-4-7-18-15(12)13/h1-4,7,11,18H,5-6,8-10H2,(H2,17,20). The molecule has 0 spiro atoms. The summed E-state index contributed by atoms with van der Waals surface area (Å²) in [6.07, 6.45) is 3.96. The molecule has 1 saturated heterocycles. The lowest BCUT2D eigenvalue weighted by atomic mass is 9.93. The van der Waals surface area contributed by atoms with Crippen LogP contribution in [0.3, 0.4) is 0 Å². The van der Waals surface area contributed by atoms with Gasteiger partial charge in [0.25, 0.3) is 5.91 Å². The van der Waals surface area contributed by atoms with Crippen LogP contribution in [0, 0.1) is 5.92 Å². The second-order valence-corrected chi connectivity index (χ2v) is 5.65. The second kappa shape index (κ2) is 5.60. The lowest BCUT2D eigenvalue weighted by Gasteiger charge is -2.31. The van der Waals surface area contributed by atoms with Crippen molar-refractivity contribution in [1.82, 2.24) is 9.88 Å². The number of rotatable bonds is 3. The van der Waals surface area contributed by atoms with Crippen LogP contribution in [0.15, 0.2) is 30.5 Å². The van der Waals surface area contributed by atoms with Crippen molar-refractivity contribution in [1.29, 1.82) is 0 Å². The molecule has 1 aliphatic rings. The monoisotopic (exact) mass is 285 g/mol. The maximum Gasteiger partial charge on any atom is 0.255 e. The Balaban J connectivity index is 1.72. The van der Waals surface area contributed by atoms with Crippen molar-refractivity contribution >= 4 is 22.7 Å². The Labute approximate surface area is 123 Å². The number of aromatic nitrogens is 1. The summed E-state index contributed by atoms with van der Waals surface area (Å²) in [7, 11) is 0. The Hall–Kier alpha value is -2.30. The third kappa shape index (κ3) is 2.77. The van der Waals surface area contributed by atoms with Gasteiger partial charge in [-0.05, 0) is 30.9 Å². The SMILES string of the molecule is NC(=O)CC1CCN(C(=O)c2cccc3cc[nH]c23)CC1. The van der Waals surface area contributed by atoms with Crippen LogP contribution in [-0.2, 0) is 4.79 Å². The summed E-state index contributed by atoms with van der Waals surface area (Å²) < 4.78 is 0. The predicted octanol–water partition coefficient (Wildman–Crippen LogP) is 1.90. The number of carbonyl (C=O) groups excluding carboxylic acids is 2. The van der Waals surface area contributed by atoms with Gasteiger partial charge in [-0.3, -0.25) is 9.59 Å². The van der Waals surface area contributed by atoms with Crippen LogP contribution in [-0.4, -0.2) is 34.8 Å². The minimum absolute atomic E-state index is 0.0561. The summed E-state index contributed by atoms with van der Waals surface area (Å²) in [6.45, 7) is 1.38. The van der Waals surface area contributed by atoms with Crippen LogP contribution in [0.5, 0.6) is 0 Å². The van der Waals surface area contributed by atoms with Crippen molar-refractivity contribution in [3.05, 3.63) is 36.0 Å². The largest absolute Gasteiger partial charge is 0.370 e. The van der Waals surface area contributed by atoms with E-state index in [1.807, 2.05) is 35.4 Å². The first kappa shape index (κ1) is 13.7. The molecule has 1 fully saturated rings. The van der Waals surface area contributed by atoms with Crippen molar-refractivity contribution in [3.8, 4) is 0 Å². The van der Waals surface area contributed by atoms with Gasteiger partial charge in [0.1, 0.15) is 0 Å². The number of carbonyl (C=O) groups is 2. The Morgan fingerprint density at radius 1 is 1.24 bits per heavy atom. The zero-order valence-corrected chi connectivity index (χ0v) is 11.8. The summed E-state index contributed by atoms with van der Waals surface area (Å²) in [6, 6.07) is 7.72. The van der Waals surface area contributed by atoms with E-state index < -0.39 is 0 Å². The van der Waals surface area contributed by atoms with E-state index in [-0.39, 0.29) is 11.8 Å². The molecule has 0 atom stereocenters. The normalized spacial score (nSPS) is 16.3. The van der Waals surface area contributed by atoms with E-state index in [9.17, 15) is 9.59 Å². The van der Waals surface area contributed by atoms with Crippen molar-refractivity contribution in [2.24, 2.45) is 11.7 Å². The molecule has 0 saturated carbocycles. The summed E-state index contributed by atoms with van der Waals surface area (Å²) in [5.74, 6) is 0.115. The van der Waals surface area contributed by atoms with Gasteiger partial charge >= 0.3 is 0 Å². The van der Waals surface area contributed by atoms with Gasteiger partial charge in [-0.1, -0.05) is 12.1 Å². The van der Waals surface area contributed by atoms with Gasteiger partial charge in [0.15, 0.2) is 0 Å².